The molecule has 34 heavy (non-hydrogen) atoms. The predicted octanol–water partition coefficient (Wildman–Crippen LogP) is 5.09. The van der Waals surface area contributed by atoms with E-state index in [0.717, 1.165) is 16.7 Å². The number of nitrogens with one attached hydrogen (secondary N) is 1. The van der Waals surface area contributed by atoms with Gasteiger partial charge in [0.1, 0.15) is 5.60 Å². The normalized spacial score (nSPS) is 13.0. The number of carbonyl (C=O) groups excluding carboxylic acids is 3. The van der Waals surface area contributed by atoms with Crippen LogP contribution >= 0.6 is 0 Å². The molecule has 0 radical (unpaired) electrons. The molecule has 0 aliphatic carbocycles. The monoisotopic (exact) mass is 467 g/mol. The van der Waals surface area contributed by atoms with Crippen LogP contribution in [0.15, 0.2) is 54.6 Å². The van der Waals surface area contributed by atoms with Crippen LogP contribution in [0.4, 0.5) is 0 Å². The van der Waals surface area contributed by atoms with Crippen LogP contribution in [0.25, 0.3) is 11.1 Å². The van der Waals surface area contributed by atoms with Gasteiger partial charge >= 0.3 is 11.9 Å². The van der Waals surface area contributed by atoms with E-state index in [-0.39, 0.29) is 36.7 Å². The molecule has 6 heteroatoms. The minimum absolute atomic E-state index is 0.00895. The van der Waals surface area contributed by atoms with Gasteiger partial charge in [0.05, 0.1) is 18.9 Å². The summed E-state index contributed by atoms with van der Waals surface area (Å²) in [5, 5.41) is 3.00. The lowest BCUT2D eigenvalue weighted by atomic mass is 9.94. The summed E-state index contributed by atoms with van der Waals surface area (Å²) < 4.78 is 10.4. The first-order valence-electron chi connectivity index (χ1n) is 11.9. The van der Waals surface area contributed by atoms with Crippen LogP contribution in [0, 0.1) is 5.92 Å². The maximum Gasteiger partial charge on any atom is 0.308 e. The van der Waals surface area contributed by atoms with Crippen molar-refractivity contribution in [2.75, 3.05) is 6.61 Å². The average Bonchev–Trinajstić information content (AvgIpc) is 2.78. The zero-order valence-corrected chi connectivity index (χ0v) is 20.9. The highest BCUT2D eigenvalue weighted by molar-refractivity contribution is 5.81. The number of esters is 2. The van der Waals surface area contributed by atoms with E-state index < -0.39 is 11.6 Å². The molecular formula is C28H37NO5. The molecule has 2 aromatic carbocycles. The Morgan fingerprint density at radius 1 is 0.912 bits per heavy atom. The van der Waals surface area contributed by atoms with Crippen molar-refractivity contribution in [1.29, 1.82) is 0 Å². The molecule has 0 unspecified atom stereocenters. The van der Waals surface area contributed by atoms with Crippen molar-refractivity contribution < 1.29 is 23.9 Å². The Morgan fingerprint density at radius 2 is 1.53 bits per heavy atom. The summed E-state index contributed by atoms with van der Waals surface area (Å²) in [5.74, 6) is -1.29. The van der Waals surface area contributed by atoms with Crippen LogP contribution in [0.1, 0.15) is 59.4 Å². The fraction of sp³-hybridized carbons (Fsp3) is 0.464. The third kappa shape index (κ3) is 9.77. The Bertz CT molecular complexity index is 932. The lowest BCUT2D eigenvalue weighted by Crippen LogP contribution is -2.39. The van der Waals surface area contributed by atoms with E-state index in [1.165, 1.54) is 0 Å². The highest BCUT2D eigenvalue weighted by Crippen LogP contribution is 2.21. The van der Waals surface area contributed by atoms with E-state index in [1.807, 2.05) is 30.3 Å². The quantitative estimate of drug-likeness (QED) is 0.466. The molecule has 0 aliphatic heterocycles. The molecule has 0 heterocycles. The van der Waals surface area contributed by atoms with Crippen molar-refractivity contribution in [3.8, 4) is 11.1 Å². The molecule has 0 fully saturated rings. The first kappa shape index (κ1) is 27.1. The Kier molecular flexibility index (Phi) is 10.3. The number of benzene rings is 2. The second-order valence-corrected chi connectivity index (χ2v) is 9.51. The molecule has 1 N–H and O–H groups in total. The van der Waals surface area contributed by atoms with Gasteiger partial charge in [-0.15, -0.1) is 0 Å². The van der Waals surface area contributed by atoms with Crippen molar-refractivity contribution in [2.45, 2.75) is 71.9 Å². The van der Waals surface area contributed by atoms with Gasteiger partial charge in [-0.05, 0) is 57.2 Å². The number of ether oxygens (including phenoxy) is 2. The lowest BCUT2D eigenvalue weighted by molar-refractivity contribution is -0.155. The third-order valence-electron chi connectivity index (χ3n) is 5.21. The Labute approximate surface area is 203 Å². The summed E-state index contributed by atoms with van der Waals surface area (Å²) in [5.41, 5.74) is 2.71. The number of hydrogen-bond donors (Lipinski definition) is 1. The van der Waals surface area contributed by atoms with Crippen molar-refractivity contribution in [2.24, 2.45) is 5.92 Å². The second kappa shape index (κ2) is 12.9. The molecule has 2 atom stereocenters. The van der Waals surface area contributed by atoms with E-state index in [1.54, 1.807) is 34.6 Å². The largest absolute Gasteiger partial charge is 0.466 e. The summed E-state index contributed by atoms with van der Waals surface area (Å²) in [4.78, 5) is 36.7. The fourth-order valence-corrected chi connectivity index (χ4v) is 3.66. The first-order chi connectivity index (χ1) is 16.1. The second-order valence-electron chi connectivity index (χ2n) is 9.51. The van der Waals surface area contributed by atoms with Gasteiger partial charge in [-0.2, -0.15) is 0 Å². The molecule has 0 bridgehead atoms. The molecule has 0 aromatic heterocycles. The average molecular weight is 468 g/mol. The zero-order valence-electron chi connectivity index (χ0n) is 20.9. The highest BCUT2D eigenvalue weighted by Gasteiger charge is 2.23. The van der Waals surface area contributed by atoms with Crippen LogP contribution in [0.3, 0.4) is 0 Å². The molecule has 2 rings (SSSR count). The number of hydrogen-bond acceptors (Lipinski definition) is 5. The summed E-state index contributed by atoms with van der Waals surface area (Å²) in [6.45, 7) is 9.27. The fourth-order valence-electron chi connectivity index (χ4n) is 3.66. The smallest absolute Gasteiger partial charge is 0.308 e. The van der Waals surface area contributed by atoms with Crippen LogP contribution in [-0.4, -0.2) is 36.1 Å². The van der Waals surface area contributed by atoms with Gasteiger partial charge in [0.25, 0.3) is 0 Å². The van der Waals surface area contributed by atoms with Crippen LogP contribution in [0.5, 0.6) is 0 Å². The molecule has 6 nitrogen and oxygen atoms in total. The Morgan fingerprint density at radius 3 is 2.12 bits per heavy atom. The van der Waals surface area contributed by atoms with E-state index >= 15 is 0 Å². The summed E-state index contributed by atoms with van der Waals surface area (Å²) >= 11 is 0. The standard InChI is InChI=1S/C28H37NO5/c1-6-33-27(32)20(2)18-24(29-25(30)16-17-26(31)34-28(3,4)5)19-21-12-14-23(15-13-21)22-10-8-7-9-11-22/h7-15,20,24H,6,16-19H2,1-5H3,(H,29,30)/t20-,24+/m0/s1. The molecule has 1 amide bonds. The van der Waals surface area contributed by atoms with Crippen molar-refractivity contribution >= 4 is 17.8 Å². The third-order valence-corrected chi connectivity index (χ3v) is 5.21. The first-order valence-corrected chi connectivity index (χ1v) is 11.9. The molecule has 2 aromatic rings. The van der Waals surface area contributed by atoms with Gasteiger partial charge in [-0.3, -0.25) is 14.4 Å². The van der Waals surface area contributed by atoms with Gasteiger partial charge in [-0.25, -0.2) is 0 Å². The maximum absolute atomic E-state index is 12.6. The molecule has 0 saturated carbocycles. The van der Waals surface area contributed by atoms with Gasteiger partial charge < -0.3 is 14.8 Å². The van der Waals surface area contributed by atoms with E-state index in [0.29, 0.717) is 19.4 Å². The van der Waals surface area contributed by atoms with Gasteiger partial charge in [0, 0.05) is 12.5 Å². The Hall–Kier alpha value is -3.15. The maximum atomic E-state index is 12.6. The van der Waals surface area contributed by atoms with Gasteiger partial charge in [0.2, 0.25) is 5.91 Å². The molecule has 0 aliphatic rings. The van der Waals surface area contributed by atoms with Crippen LogP contribution in [-0.2, 0) is 30.3 Å². The van der Waals surface area contributed by atoms with Crippen LogP contribution < -0.4 is 5.32 Å². The van der Waals surface area contributed by atoms with Gasteiger partial charge in [-0.1, -0.05) is 61.5 Å². The number of carbonyl (C=O) groups is 3. The molecule has 184 valence electrons. The lowest BCUT2D eigenvalue weighted by Gasteiger charge is -2.22. The summed E-state index contributed by atoms with van der Waals surface area (Å²) in [7, 11) is 0. The molecule has 0 spiro atoms. The topological polar surface area (TPSA) is 81.7 Å². The van der Waals surface area contributed by atoms with Crippen LogP contribution in [0.2, 0.25) is 0 Å². The van der Waals surface area contributed by atoms with E-state index in [9.17, 15) is 14.4 Å². The predicted molar refractivity (Wildman–Crippen MR) is 133 cm³/mol. The van der Waals surface area contributed by atoms with Crippen molar-refractivity contribution in [1.82, 2.24) is 5.32 Å². The van der Waals surface area contributed by atoms with Gasteiger partial charge in [0.15, 0.2) is 0 Å². The highest BCUT2D eigenvalue weighted by atomic mass is 16.6. The minimum atomic E-state index is -0.586. The SMILES string of the molecule is CCOC(=O)[C@@H](C)C[C@H](Cc1ccc(-c2ccccc2)cc1)NC(=O)CCC(=O)OC(C)(C)C. The van der Waals surface area contributed by atoms with E-state index in [4.69, 9.17) is 9.47 Å². The summed E-state index contributed by atoms with van der Waals surface area (Å²) in [6.07, 6.45) is 1.05. The number of rotatable bonds is 11. The van der Waals surface area contributed by atoms with Crippen molar-refractivity contribution in [3.05, 3.63) is 60.2 Å². The Balaban J connectivity index is 2.04. The molecular weight excluding hydrogens is 430 g/mol. The zero-order chi connectivity index (χ0) is 25.1. The minimum Gasteiger partial charge on any atom is -0.466 e. The molecule has 0 saturated heterocycles. The number of amides is 1. The van der Waals surface area contributed by atoms with E-state index in [2.05, 4.69) is 29.6 Å². The van der Waals surface area contributed by atoms with Crippen molar-refractivity contribution in [3.63, 3.8) is 0 Å². The summed E-state index contributed by atoms with van der Waals surface area (Å²) in [6, 6.07) is 18.0.